The number of aryl methyl sites for hydroxylation is 1. The molecule has 0 spiro atoms. The van der Waals surface area contributed by atoms with Crippen LogP contribution in [0, 0.1) is 6.92 Å². The molecule has 15 heteroatoms. The van der Waals surface area contributed by atoms with Crippen LogP contribution in [0.5, 0.6) is 5.75 Å². The molecule has 2 aromatic carbocycles. The highest BCUT2D eigenvalue weighted by atomic mass is 79.9. The summed E-state index contributed by atoms with van der Waals surface area (Å²) in [5.41, 5.74) is 4.85. The second-order valence-electron chi connectivity index (χ2n) is 13.0. The molecular weight excluding hydrogens is 696 g/mol. The van der Waals surface area contributed by atoms with E-state index in [1.165, 1.54) is 50.7 Å². The zero-order valence-corrected chi connectivity index (χ0v) is 30.0. The monoisotopic (exact) mass is 736 g/mol. The third kappa shape index (κ3) is 6.73. The van der Waals surface area contributed by atoms with Crippen LogP contribution in [-0.2, 0) is 10.0 Å². The van der Waals surface area contributed by atoms with Crippen LogP contribution in [0.3, 0.4) is 0 Å². The molecule has 3 aliphatic heterocycles. The normalized spacial score (nSPS) is 21.8. The number of hydrogen-bond donors (Lipinski definition) is 3. The van der Waals surface area contributed by atoms with Crippen molar-refractivity contribution in [3.63, 3.8) is 0 Å². The molecule has 254 valence electrons. The number of piperidine rings is 1. The molecule has 0 amide bonds. The lowest BCUT2D eigenvalue weighted by molar-refractivity contribution is 0.0895. The average Bonchev–Trinajstić information content (AvgIpc) is 3.31. The summed E-state index contributed by atoms with van der Waals surface area (Å²) in [4.78, 5) is 25.7. The van der Waals surface area contributed by atoms with Crippen molar-refractivity contribution in [2.24, 2.45) is 0 Å². The molecule has 2 bridgehead atoms. The quantitative estimate of drug-likeness (QED) is 0.211. The van der Waals surface area contributed by atoms with Gasteiger partial charge in [0, 0.05) is 74.6 Å². The number of piperazine rings is 1. The van der Waals surface area contributed by atoms with Gasteiger partial charge in [0.2, 0.25) is 16.0 Å². The Labute approximate surface area is 289 Å². The van der Waals surface area contributed by atoms with Gasteiger partial charge in [0.15, 0.2) is 0 Å². The van der Waals surface area contributed by atoms with Gasteiger partial charge < -0.3 is 25.2 Å². The number of hydrogen-bond acceptors (Lipinski definition) is 12. The molecule has 7 rings (SSSR count). The van der Waals surface area contributed by atoms with Gasteiger partial charge in [-0.1, -0.05) is 0 Å². The highest BCUT2D eigenvalue weighted by Gasteiger charge is 2.43. The first kappa shape index (κ1) is 32.7. The fourth-order valence-corrected chi connectivity index (χ4v) is 8.31. The van der Waals surface area contributed by atoms with Gasteiger partial charge in [-0.2, -0.15) is 4.98 Å². The molecule has 0 aliphatic carbocycles. The summed E-state index contributed by atoms with van der Waals surface area (Å²) in [6.07, 6.45) is 10.7. The number of methoxy groups -OCH3 is 1. The Bertz CT molecular complexity index is 1920. The number of ether oxygens (including phenoxy) is 1. The molecule has 5 heterocycles. The van der Waals surface area contributed by atoms with Gasteiger partial charge in [-0.25, -0.2) is 13.4 Å². The van der Waals surface area contributed by atoms with Crippen LogP contribution in [0.2, 0.25) is 0 Å². The molecule has 0 saturated carbocycles. The van der Waals surface area contributed by atoms with E-state index in [9.17, 15) is 8.42 Å². The number of likely N-dealkylation sites (N-methyl/N-ethyl adjacent to an activating group) is 1. The molecule has 3 fully saturated rings. The van der Waals surface area contributed by atoms with E-state index in [2.05, 4.69) is 87.0 Å². The predicted octanol–water partition coefficient (Wildman–Crippen LogP) is 5.11. The average molecular weight is 738 g/mol. The first-order valence-electron chi connectivity index (χ1n) is 16.2. The van der Waals surface area contributed by atoms with E-state index in [1.807, 2.05) is 0 Å². The summed E-state index contributed by atoms with van der Waals surface area (Å²) in [5.74, 6) is 1.49. The third-order valence-electron chi connectivity index (χ3n) is 9.73. The van der Waals surface area contributed by atoms with Crippen molar-refractivity contribution < 1.29 is 13.2 Å². The van der Waals surface area contributed by atoms with Gasteiger partial charge in [-0.15, -0.1) is 0 Å². The van der Waals surface area contributed by atoms with E-state index in [0.29, 0.717) is 56.8 Å². The van der Waals surface area contributed by atoms with Crippen molar-refractivity contribution in [1.82, 2.24) is 29.7 Å². The first-order chi connectivity index (χ1) is 23.1. The highest BCUT2D eigenvalue weighted by molar-refractivity contribution is 9.10. The summed E-state index contributed by atoms with van der Waals surface area (Å²) in [5, 5.41) is 6.59. The van der Waals surface area contributed by atoms with Gasteiger partial charge in [-0.05, 0) is 79.3 Å². The lowest BCUT2D eigenvalue weighted by atomic mass is 9.93. The largest absolute Gasteiger partial charge is 0.494 e. The van der Waals surface area contributed by atoms with Crippen molar-refractivity contribution >= 4 is 71.5 Å². The Kier molecular flexibility index (Phi) is 9.04. The number of nitrogens with zero attached hydrogens (tertiary/aromatic N) is 7. The minimum atomic E-state index is -3.61. The zero-order valence-electron chi connectivity index (χ0n) is 27.6. The van der Waals surface area contributed by atoms with E-state index >= 15 is 0 Å². The Morgan fingerprint density at radius 2 is 1.67 bits per heavy atom. The van der Waals surface area contributed by atoms with Crippen molar-refractivity contribution in [1.29, 1.82) is 0 Å². The number of rotatable bonds is 9. The van der Waals surface area contributed by atoms with Crippen LogP contribution in [0.1, 0.15) is 31.2 Å². The van der Waals surface area contributed by atoms with Gasteiger partial charge in [0.1, 0.15) is 17.1 Å². The van der Waals surface area contributed by atoms with Crippen molar-refractivity contribution in [3.8, 4) is 5.75 Å². The molecule has 2 unspecified atom stereocenters. The lowest BCUT2D eigenvalue weighted by Crippen LogP contribution is -2.55. The Hall–Kier alpha value is -3.79. The van der Waals surface area contributed by atoms with E-state index in [4.69, 9.17) is 9.72 Å². The molecule has 0 radical (unpaired) electrons. The molecular formula is C33H41BrN10O3S. The topological polar surface area (TPSA) is 141 Å². The number of benzene rings is 2. The van der Waals surface area contributed by atoms with Crippen LogP contribution in [0.15, 0.2) is 47.3 Å². The van der Waals surface area contributed by atoms with Crippen LogP contribution < -0.4 is 25.0 Å². The van der Waals surface area contributed by atoms with Gasteiger partial charge in [0.25, 0.3) is 0 Å². The van der Waals surface area contributed by atoms with Crippen LogP contribution in [0.4, 0.5) is 34.5 Å². The minimum Gasteiger partial charge on any atom is -0.494 e. The van der Waals surface area contributed by atoms with Gasteiger partial charge in [0.05, 0.1) is 40.4 Å². The maximum Gasteiger partial charge on any atom is 0.229 e. The standard InChI is InChI=1S/C33H41BrN10O3S/c1-20-15-27(29(47-3)18-28(20)44-21-5-6-22(44)17-23(16-21)43-13-11-42(2)12-14-43)39-33-37-19-24(34)32(40-33)38-26-8-7-25-30(36-10-9-35-25)31(26)41-48(4,45)46/h7-10,15,18-19,21-23,41H,5-6,11-14,16-17H2,1-4H3,(H2,37,38,39,40). The number of nitrogens with one attached hydrogen (secondary N) is 3. The molecule has 3 saturated heterocycles. The lowest BCUT2D eigenvalue weighted by Gasteiger charge is -2.46. The summed E-state index contributed by atoms with van der Waals surface area (Å²) in [6, 6.07) is 9.48. The summed E-state index contributed by atoms with van der Waals surface area (Å²) < 4.78 is 33.6. The maximum atomic E-state index is 12.3. The molecule has 4 aromatic rings. The Morgan fingerprint density at radius 3 is 2.38 bits per heavy atom. The fraction of sp³-hybridized carbons (Fsp3) is 0.455. The second-order valence-corrected chi connectivity index (χ2v) is 15.6. The van der Waals surface area contributed by atoms with Crippen LogP contribution >= 0.6 is 15.9 Å². The highest BCUT2D eigenvalue weighted by Crippen LogP contribution is 2.45. The van der Waals surface area contributed by atoms with Crippen molar-refractivity contribution in [3.05, 3.63) is 52.9 Å². The zero-order chi connectivity index (χ0) is 33.6. The number of aromatic nitrogens is 4. The van der Waals surface area contributed by atoms with Crippen LogP contribution in [-0.4, -0.2) is 103 Å². The molecule has 13 nitrogen and oxygen atoms in total. The first-order valence-corrected chi connectivity index (χ1v) is 18.9. The second kappa shape index (κ2) is 13.3. The third-order valence-corrected chi connectivity index (χ3v) is 10.9. The molecule has 3 N–H and O–H groups in total. The van der Waals surface area contributed by atoms with E-state index in [-0.39, 0.29) is 5.69 Å². The SMILES string of the molecule is COc1cc(N2C3CCC2CC(N2CCN(C)CC2)C3)c(C)cc1Nc1ncc(Br)c(Nc2ccc3nccnc3c2NS(C)(=O)=O)n1. The Balaban J connectivity index is 1.12. The van der Waals surface area contributed by atoms with Crippen LogP contribution in [0.25, 0.3) is 11.0 Å². The number of halogens is 1. The molecule has 48 heavy (non-hydrogen) atoms. The number of fused-ring (bicyclic) bond motifs is 3. The molecule has 3 aliphatic rings. The van der Waals surface area contributed by atoms with E-state index in [1.54, 1.807) is 31.6 Å². The molecule has 2 atom stereocenters. The maximum absolute atomic E-state index is 12.3. The summed E-state index contributed by atoms with van der Waals surface area (Å²) in [7, 11) is 0.286. The smallest absolute Gasteiger partial charge is 0.229 e. The number of sulfonamides is 1. The minimum absolute atomic E-state index is 0.275. The fourth-order valence-electron chi connectivity index (χ4n) is 7.44. The summed E-state index contributed by atoms with van der Waals surface area (Å²) in [6.45, 7) is 6.79. The van der Waals surface area contributed by atoms with Gasteiger partial charge >= 0.3 is 0 Å². The van der Waals surface area contributed by atoms with E-state index in [0.717, 1.165) is 30.6 Å². The number of anilines is 6. The molecule has 2 aromatic heterocycles. The van der Waals surface area contributed by atoms with Crippen molar-refractivity contribution in [2.45, 2.75) is 50.7 Å². The Morgan fingerprint density at radius 1 is 0.938 bits per heavy atom. The van der Waals surface area contributed by atoms with E-state index < -0.39 is 10.0 Å². The predicted molar refractivity (Wildman–Crippen MR) is 193 cm³/mol. The summed E-state index contributed by atoms with van der Waals surface area (Å²) >= 11 is 3.53. The van der Waals surface area contributed by atoms with Gasteiger partial charge in [-0.3, -0.25) is 19.6 Å². The van der Waals surface area contributed by atoms with Crippen molar-refractivity contribution in [2.75, 3.05) is 66.8 Å².